The normalized spacial score (nSPS) is 10.6. The van der Waals surface area contributed by atoms with Crippen molar-refractivity contribution in [1.82, 2.24) is 4.98 Å². The minimum Gasteiger partial charge on any atom is -0.326 e. The number of benzene rings is 1. The van der Waals surface area contributed by atoms with Crippen molar-refractivity contribution in [2.75, 3.05) is 11.4 Å². The standard InChI is InChI=1S/C16H18BrClN2/c1-2-3-9-20(15-7-5-4-6-8-15)16-13(11-18)10-14(17)12-19-16/h4-8,10,12H,2-3,9,11H2,1H3. The van der Waals surface area contributed by atoms with Crippen molar-refractivity contribution in [2.24, 2.45) is 0 Å². The van der Waals surface area contributed by atoms with Crippen molar-refractivity contribution in [3.05, 3.63) is 52.6 Å². The maximum absolute atomic E-state index is 6.08. The Labute approximate surface area is 133 Å². The topological polar surface area (TPSA) is 16.1 Å². The zero-order valence-electron chi connectivity index (χ0n) is 11.5. The Kier molecular flexibility index (Phi) is 5.86. The second kappa shape index (κ2) is 7.65. The molecule has 0 spiro atoms. The van der Waals surface area contributed by atoms with Crippen LogP contribution in [-0.2, 0) is 5.88 Å². The Bertz CT molecular complexity index is 545. The smallest absolute Gasteiger partial charge is 0.137 e. The van der Waals surface area contributed by atoms with Crippen LogP contribution in [-0.4, -0.2) is 11.5 Å². The van der Waals surface area contributed by atoms with Gasteiger partial charge in [-0.15, -0.1) is 11.6 Å². The highest BCUT2D eigenvalue weighted by molar-refractivity contribution is 9.10. The molecule has 0 N–H and O–H groups in total. The highest BCUT2D eigenvalue weighted by Gasteiger charge is 2.14. The monoisotopic (exact) mass is 352 g/mol. The molecule has 1 heterocycles. The number of para-hydroxylation sites is 1. The number of nitrogens with zero attached hydrogens (tertiary/aromatic N) is 2. The molecule has 0 bridgehead atoms. The van der Waals surface area contributed by atoms with Crippen molar-refractivity contribution in [3.8, 4) is 0 Å². The Morgan fingerprint density at radius 1 is 1.25 bits per heavy atom. The fraction of sp³-hybridized carbons (Fsp3) is 0.312. The molecule has 0 unspecified atom stereocenters. The van der Waals surface area contributed by atoms with Gasteiger partial charge in [0.1, 0.15) is 5.82 Å². The van der Waals surface area contributed by atoms with E-state index in [-0.39, 0.29) is 0 Å². The number of rotatable bonds is 6. The van der Waals surface area contributed by atoms with Gasteiger partial charge in [0, 0.05) is 28.5 Å². The minimum atomic E-state index is 0.456. The molecule has 0 aliphatic rings. The molecule has 2 rings (SSSR count). The zero-order chi connectivity index (χ0) is 14.4. The number of anilines is 2. The largest absolute Gasteiger partial charge is 0.326 e. The number of hydrogen-bond donors (Lipinski definition) is 0. The summed E-state index contributed by atoms with van der Waals surface area (Å²) < 4.78 is 0.959. The Hall–Kier alpha value is -1.06. The first-order valence-electron chi connectivity index (χ1n) is 6.79. The molecule has 0 aliphatic heterocycles. The number of aromatic nitrogens is 1. The first kappa shape index (κ1) is 15.3. The molecule has 0 amide bonds. The fourth-order valence-corrected chi connectivity index (χ4v) is 2.67. The molecule has 2 nitrogen and oxygen atoms in total. The third kappa shape index (κ3) is 3.74. The molecule has 0 fully saturated rings. The molecule has 2 aromatic rings. The quantitative estimate of drug-likeness (QED) is 0.635. The maximum atomic E-state index is 6.08. The van der Waals surface area contributed by atoms with Gasteiger partial charge in [-0.05, 0) is 40.5 Å². The van der Waals surface area contributed by atoms with E-state index in [9.17, 15) is 0 Å². The predicted octanol–water partition coefficient (Wildman–Crippen LogP) is 5.52. The van der Waals surface area contributed by atoms with Crippen LogP contribution in [0.4, 0.5) is 11.5 Å². The lowest BCUT2D eigenvalue weighted by molar-refractivity contribution is 0.777. The summed E-state index contributed by atoms with van der Waals surface area (Å²) in [5.74, 6) is 1.40. The molecule has 4 heteroatoms. The number of hydrogen-bond acceptors (Lipinski definition) is 2. The molecular weight excluding hydrogens is 336 g/mol. The molecule has 0 aliphatic carbocycles. The summed E-state index contributed by atoms with van der Waals surface area (Å²) in [5.41, 5.74) is 2.20. The van der Waals surface area contributed by atoms with E-state index in [4.69, 9.17) is 11.6 Å². The maximum Gasteiger partial charge on any atom is 0.137 e. The molecule has 0 saturated carbocycles. The van der Waals surface area contributed by atoms with Gasteiger partial charge in [0.25, 0.3) is 0 Å². The van der Waals surface area contributed by atoms with Gasteiger partial charge in [-0.25, -0.2) is 4.98 Å². The van der Waals surface area contributed by atoms with Crippen molar-refractivity contribution in [2.45, 2.75) is 25.6 Å². The van der Waals surface area contributed by atoms with Gasteiger partial charge in [-0.1, -0.05) is 31.5 Å². The van der Waals surface area contributed by atoms with Crippen molar-refractivity contribution in [1.29, 1.82) is 0 Å². The second-order valence-corrected chi connectivity index (χ2v) is 5.79. The molecule has 20 heavy (non-hydrogen) atoms. The van der Waals surface area contributed by atoms with E-state index >= 15 is 0 Å². The molecule has 1 aromatic heterocycles. The van der Waals surface area contributed by atoms with E-state index in [1.807, 2.05) is 30.5 Å². The van der Waals surface area contributed by atoms with Gasteiger partial charge < -0.3 is 4.90 Å². The van der Waals surface area contributed by atoms with E-state index in [1.54, 1.807) is 0 Å². The number of alkyl halides is 1. The van der Waals surface area contributed by atoms with Crippen LogP contribution in [0.25, 0.3) is 0 Å². The predicted molar refractivity (Wildman–Crippen MR) is 89.9 cm³/mol. The Morgan fingerprint density at radius 2 is 2.00 bits per heavy atom. The van der Waals surface area contributed by atoms with E-state index in [1.165, 1.54) is 0 Å². The van der Waals surface area contributed by atoms with E-state index in [2.05, 4.69) is 44.9 Å². The van der Waals surface area contributed by atoms with E-state index in [0.29, 0.717) is 5.88 Å². The summed E-state index contributed by atoms with van der Waals surface area (Å²) in [6.07, 6.45) is 4.09. The lowest BCUT2D eigenvalue weighted by Gasteiger charge is -2.25. The third-order valence-electron chi connectivity index (χ3n) is 3.11. The molecule has 0 saturated heterocycles. The number of halogens is 2. The SMILES string of the molecule is CCCCN(c1ccccc1)c1ncc(Br)cc1CCl. The fourth-order valence-electron chi connectivity index (χ4n) is 2.10. The van der Waals surface area contributed by atoms with Crippen LogP contribution >= 0.6 is 27.5 Å². The minimum absolute atomic E-state index is 0.456. The second-order valence-electron chi connectivity index (χ2n) is 4.61. The average molecular weight is 354 g/mol. The summed E-state index contributed by atoms with van der Waals surface area (Å²) in [7, 11) is 0. The van der Waals surface area contributed by atoms with Gasteiger partial charge in [0.15, 0.2) is 0 Å². The molecule has 106 valence electrons. The summed E-state index contributed by atoms with van der Waals surface area (Å²) in [6, 6.07) is 12.4. The van der Waals surface area contributed by atoms with E-state index in [0.717, 1.165) is 40.9 Å². The number of pyridine rings is 1. The van der Waals surface area contributed by atoms with Crippen LogP contribution in [0.3, 0.4) is 0 Å². The molecule has 0 atom stereocenters. The summed E-state index contributed by atoms with van der Waals surface area (Å²) in [6.45, 7) is 3.14. The van der Waals surface area contributed by atoms with Crippen molar-refractivity contribution in [3.63, 3.8) is 0 Å². The molecule has 0 radical (unpaired) electrons. The summed E-state index contributed by atoms with van der Waals surface area (Å²) >= 11 is 9.54. The molecule has 1 aromatic carbocycles. The highest BCUT2D eigenvalue weighted by atomic mass is 79.9. The van der Waals surface area contributed by atoms with Gasteiger partial charge in [0.05, 0.1) is 5.88 Å². The molecular formula is C16H18BrClN2. The summed E-state index contributed by atoms with van der Waals surface area (Å²) in [5, 5.41) is 0. The van der Waals surface area contributed by atoms with Crippen LogP contribution in [0.1, 0.15) is 25.3 Å². The van der Waals surface area contributed by atoms with Crippen molar-refractivity contribution < 1.29 is 0 Å². The summed E-state index contributed by atoms with van der Waals surface area (Å²) in [4.78, 5) is 6.82. The average Bonchev–Trinajstić information content (AvgIpc) is 2.49. The van der Waals surface area contributed by atoms with Crippen LogP contribution < -0.4 is 4.90 Å². The Morgan fingerprint density at radius 3 is 2.65 bits per heavy atom. The van der Waals surface area contributed by atoms with Crippen LogP contribution in [0, 0.1) is 0 Å². The van der Waals surface area contributed by atoms with Gasteiger partial charge >= 0.3 is 0 Å². The Balaban J connectivity index is 2.41. The lowest BCUT2D eigenvalue weighted by Crippen LogP contribution is -2.20. The highest BCUT2D eigenvalue weighted by Crippen LogP contribution is 2.29. The van der Waals surface area contributed by atoms with Crippen molar-refractivity contribution >= 4 is 39.0 Å². The first-order chi connectivity index (χ1) is 9.76. The zero-order valence-corrected chi connectivity index (χ0v) is 13.9. The van der Waals surface area contributed by atoms with E-state index < -0.39 is 0 Å². The first-order valence-corrected chi connectivity index (χ1v) is 8.12. The van der Waals surface area contributed by atoms with Crippen LogP contribution in [0.15, 0.2) is 47.1 Å². The number of unbranched alkanes of at least 4 members (excludes halogenated alkanes) is 1. The van der Waals surface area contributed by atoms with Gasteiger partial charge in [-0.2, -0.15) is 0 Å². The third-order valence-corrected chi connectivity index (χ3v) is 3.83. The lowest BCUT2D eigenvalue weighted by atomic mass is 10.2. The van der Waals surface area contributed by atoms with Gasteiger partial charge in [-0.3, -0.25) is 0 Å². The van der Waals surface area contributed by atoms with Gasteiger partial charge in [0.2, 0.25) is 0 Å². The van der Waals surface area contributed by atoms with Crippen LogP contribution in [0.2, 0.25) is 0 Å². The van der Waals surface area contributed by atoms with Crippen LogP contribution in [0.5, 0.6) is 0 Å².